The zero-order chi connectivity index (χ0) is 22.2. The Kier molecular flexibility index (Phi) is 5.20. The molecule has 0 atom stereocenters. The Morgan fingerprint density at radius 3 is 2.82 bits per heavy atom. The standard InChI is InChI=1S/C24H27N7O2/c32-24(26-6-5-15-13-25-14-15)16-1-3-19-18(11-16)22(30-29-19)23-27-20-4-2-17(12-21(20)28-23)31-7-9-33-10-8-31/h1-4,11-12,15,25H,5-10,13-14H2,(H,26,32)(H,27,28)(H,29,30). The quantitative estimate of drug-likeness (QED) is 0.362. The number of morpholine rings is 1. The summed E-state index contributed by atoms with van der Waals surface area (Å²) in [5.41, 5.74) is 5.22. The van der Waals surface area contributed by atoms with Gasteiger partial charge in [0.1, 0.15) is 5.69 Å². The molecule has 2 fully saturated rings. The van der Waals surface area contributed by atoms with E-state index in [1.54, 1.807) is 0 Å². The number of benzene rings is 2. The summed E-state index contributed by atoms with van der Waals surface area (Å²) in [6, 6.07) is 11.9. The number of rotatable bonds is 6. The highest BCUT2D eigenvalue weighted by molar-refractivity contribution is 6.01. The number of carbonyl (C=O) groups is 1. The van der Waals surface area contributed by atoms with Crippen LogP contribution in [0.5, 0.6) is 0 Å². The van der Waals surface area contributed by atoms with E-state index < -0.39 is 0 Å². The van der Waals surface area contributed by atoms with Crippen molar-refractivity contribution in [1.82, 2.24) is 30.8 Å². The molecule has 0 aliphatic carbocycles. The number of imidazole rings is 1. The maximum Gasteiger partial charge on any atom is 0.251 e. The number of carbonyl (C=O) groups excluding carboxylic acids is 1. The maximum atomic E-state index is 12.7. The lowest BCUT2D eigenvalue weighted by atomic mass is 9.99. The first-order valence-corrected chi connectivity index (χ1v) is 11.5. The highest BCUT2D eigenvalue weighted by Gasteiger charge is 2.18. The summed E-state index contributed by atoms with van der Waals surface area (Å²) in [5.74, 6) is 1.30. The van der Waals surface area contributed by atoms with Crippen LogP contribution in [0.1, 0.15) is 16.8 Å². The summed E-state index contributed by atoms with van der Waals surface area (Å²) in [6.45, 7) is 6.06. The van der Waals surface area contributed by atoms with Gasteiger partial charge in [0, 0.05) is 36.3 Å². The van der Waals surface area contributed by atoms with Crippen LogP contribution in [0.3, 0.4) is 0 Å². The lowest BCUT2D eigenvalue weighted by Crippen LogP contribution is -2.43. The van der Waals surface area contributed by atoms with Gasteiger partial charge in [-0.2, -0.15) is 5.10 Å². The second kappa shape index (κ2) is 8.49. The third kappa shape index (κ3) is 3.94. The molecule has 1 amide bonds. The van der Waals surface area contributed by atoms with Gasteiger partial charge in [-0.3, -0.25) is 9.89 Å². The van der Waals surface area contributed by atoms with E-state index in [9.17, 15) is 4.79 Å². The molecule has 33 heavy (non-hydrogen) atoms. The zero-order valence-electron chi connectivity index (χ0n) is 18.4. The minimum Gasteiger partial charge on any atom is -0.378 e. The topological polar surface area (TPSA) is 111 Å². The molecule has 0 unspecified atom stereocenters. The molecule has 0 saturated carbocycles. The number of nitrogens with one attached hydrogen (secondary N) is 4. The number of hydrogen-bond acceptors (Lipinski definition) is 6. The van der Waals surface area contributed by atoms with Gasteiger partial charge >= 0.3 is 0 Å². The van der Waals surface area contributed by atoms with Gasteiger partial charge < -0.3 is 25.3 Å². The largest absolute Gasteiger partial charge is 0.378 e. The number of hydrogen-bond donors (Lipinski definition) is 4. The number of aromatic nitrogens is 4. The van der Waals surface area contributed by atoms with Crippen LogP contribution in [0.15, 0.2) is 36.4 Å². The first-order valence-electron chi connectivity index (χ1n) is 11.5. The number of fused-ring (bicyclic) bond motifs is 2. The number of H-pyrrole nitrogens is 2. The van der Waals surface area contributed by atoms with Gasteiger partial charge in [0.15, 0.2) is 5.82 Å². The molecule has 2 saturated heterocycles. The summed E-state index contributed by atoms with van der Waals surface area (Å²) in [6.07, 6.45) is 1.00. The van der Waals surface area contributed by atoms with E-state index in [4.69, 9.17) is 9.72 Å². The van der Waals surface area contributed by atoms with Crippen molar-refractivity contribution in [2.75, 3.05) is 50.8 Å². The molecule has 9 heteroatoms. The molecule has 4 heterocycles. The fourth-order valence-corrected chi connectivity index (χ4v) is 4.51. The average molecular weight is 446 g/mol. The van der Waals surface area contributed by atoms with Crippen LogP contribution >= 0.6 is 0 Å². The minimum atomic E-state index is -0.0592. The Bertz CT molecular complexity index is 1300. The minimum absolute atomic E-state index is 0.0592. The second-order valence-electron chi connectivity index (χ2n) is 8.79. The van der Waals surface area contributed by atoms with Crippen molar-refractivity contribution in [3.63, 3.8) is 0 Å². The third-order valence-electron chi connectivity index (χ3n) is 6.60. The maximum absolute atomic E-state index is 12.7. The van der Waals surface area contributed by atoms with Crippen molar-refractivity contribution in [3.05, 3.63) is 42.0 Å². The number of aromatic amines is 2. The van der Waals surface area contributed by atoms with Crippen LogP contribution in [-0.2, 0) is 4.74 Å². The Morgan fingerprint density at radius 1 is 1.12 bits per heavy atom. The molecule has 4 aromatic rings. The number of ether oxygens (including phenoxy) is 1. The first kappa shape index (κ1) is 20.2. The molecule has 0 spiro atoms. The van der Waals surface area contributed by atoms with E-state index in [-0.39, 0.29) is 5.91 Å². The van der Waals surface area contributed by atoms with E-state index in [0.717, 1.165) is 73.4 Å². The van der Waals surface area contributed by atoms with Gasteiger partial charge in [0.2, 0.25) is 0 Å². The molecule has 4 N–H and O–H groups in total. The number of amides is 1. The van der Waals surface area contributed by atoms with Gasteiger partial charge in [-0.15, -0.1) is 0 Å². The third-order valence-corrected chi connectivity index (χ3v) is 6.60. The zero-order valence-corrected chi connectivity index (χ0v) is 18.4. The van der Waals surface area contributed by atoms with Gasteiger partial charge in [-0.25, -0.2) is 4.98 Å². The van der Waals surface area contributed by atoms with Crippen molar-refractivity contribution >= 4 is 33.5 Å². The van der Waals surface area contributed by atoms with Gasteiger partial charge in [0.25, 0.3) is 5.91 Å². The molecule has 170 valence electrons. The second-order valence-corrected chi connectivity index (χ2v) is 8.79. The normalized spacial score (nSPS) is 16.9. The van der Waals surface area contributed by atoms with Crippen LogP contribution in [0.4, 0.5) is 5.69 Å². The van der Waals surface area contributed by atoms with Crippen LogP contribution in [0.25, 0.3) is 33.5 Å². The van der Waals surface area contributed by atoms with Crippen molar-refractivity contribution in [2.24, 2.45) is 5.92 Å². The van der Waals surface area contributed by atoms with E-state index in [0.29, 0.717) is 29.5 Å². The monoisotopic (exact) mass is 445 g/mol. The molecule has 2 aliphatic heterocycles. The summed E-state index contributed by atoms with van der Waals surface area (Å²) in [4.78, 5) is 23.2. The Balaban J connectivity index is 1.26. The molecule has 6 rings (SSSR count). The van der Waals surface area contributed by atoms with Crippen molar-refractivity contribution in [1.29, 1.82) is 0 Å². The highest BCUT2D eigenvalue weighted by Crippen LogP contribution is 2.29. The fraction of sp³-hybridized carbons (Fsp3) is 0.375. The lowest BCUT2D eigenvalue weighted by molar-refractivity contribution is 0.0950. The molecule has 0 radical (unpaired) electrons. The van der Waals surface area contributed by atoms with Gasteiger partial charge in [-0.05, 0) is 61.8 Å². The summed E-state index contributed by atoms with van der Waals surface area (Å²) < 4.78 is 5.46. The lowest BCUT2D eigenvalue weighted by Gasteiger charge is -2.28. The molecule has 9 nitrogen and oxygen atoms in total. The van der Waals surface area contributed by atoms with Gasteiger partial charge in [0.05, 0.1) is 29.8 Å². The predicted octanol–water partition coefficient (Wildman–Crippen LogP) is 2.28. The molecule has 0 bridgehead atoms. The Hall–Kier alpha value is -3.43. The predicted molar refractivity (Wildman–Crippen MR) is 128 cm³/mol. The molecule has 2 aromatic heterocycles. The van der Waals surface area contributed by atoms with Crippen LogP contribution in [-0.4, -0.2) is 72.0 Å². The van der Waals surface area contributed by atoms with Crippen LogP contribution < -0.4 is 15.5 Å². The SMILES string of the molecule is O=C(NCCC1CNC1)c1ccc2[nH]nc(-c3nc4ccc(N5CCOCC5)cc4[nH]3)c2c1. The van der Waals surface area contributed by atoms with E-state index in [1.165, 1.54) is 0 Å². The van der Waals surface area contributed by atoms with Crippen molar-refractivity contribution in [3.8, 4) is 11.5 Å². The number of anilines is 1. The van der Waals surface area contributed by atoms with E-state index in [2.05, 4.69) is 42.8 Å². The van der Waals surface area contributed by atoms with Crippen LogP contribution in [0, 0.1) is 5.92 Å². The van der Waals surface area contributed by atoms with E-state index in [1.807, 2.05) is 24.3 Å². The van der Waals surface area contributed by atoms with Crippen molar-refractivity contribution in [2.45, 2.75) is 6.42 Å². The fourth-order valence-electron chi connectivity index (χ4n) is 4.51. The van der Waals surface area contributed by atoms with Crippen LogP contribution in [0.2, 0.25) is 0 Å². The van der Waals surface area contributed by atoms with Crippen molar-refractivity contribution < 1.29 is 9.53 Å². The average Bonchev–Trinajstić information content (AvgIpc) is 3.43. The van der Waals surface area contributed by atoms with Gasteiger partial charge in [-0.1, -0.05) is 0 Å². The summed E-state index contributed by atoms with van der Waals surface area (Å²) >= 11 is 0. The Morgan fingerprint density at radius 2 is 2.00 bits per heavy atom. The number of nitrogens with zero attached hydrogens (tertiary/aromatic N) is 3. The Labute approximate surface area is 190 Å². The molecule has 2 aliphatic rings. The smallest absolute Gasteiger partial charge is 0.251 e. The van der Waals surface area contributed by atoms with E-state index >= 15 is 0 Å². The molecule has 2 aromatic carbocycles. The summed E-state index contributed by atoms with van der Waals surface area (Å²) in [5, 5.41) is 14.7. The molecular weight excluding hydrogens is 418 g/mol. The first-order chi connectivity index (χ1) is 16.2. The molecular formula is C24H27N7O2. The summed E-state index contributed by atoms with van der Waals surface area (Å²) in [7, 11) is 0. The highest BCUT2D eigenvalue weighted by atomic mass is 16.5.